The molecule has 2 fully saturated rings. The number of likely N-dealkylation sites (tertiary alicyclic amines) is 1. The van der Waals surface area contributed by atoms with Crippen LogP contribution in [0, 0.1) is 0 Å². The van der Waals surface area contributed by atoms with Gasteiger partial charge in [0.1, 0.15) is 5.82 Å². The predicted molar refractivity (Wildman–Crippen MR) is 118 cm³/mol. The summed E-state index contributed by atoms with van der Waals surface area (Å²) in [5, 5.41) is 4.60. The number of piperidine rings is 1. The van der Waals surface area contributed by atoms with Gasteiger partial charge in [-0.25, -0.2) is 9.48 Å². The van der Waals surface area contributed by atoms with Gasteiger partial charge in [-0.2, -0.15) is 5.10 Å². The number of hydrogen-bond acceptors (Lipinski definition) is 3. The molecule has 0 radical (unpaired) electrons. The van der Waals surface area contributed by atoms with Gasteiger partial charge >= 0.3 is 5.69 Å². The summed E-state index contributed by atoms with van der Waals surface area (Å²) in [4.78, 5) is 27.6. The first kappa shape index (κ1) is 20.9. The number of nitrogens with zero attached hydrogens (tertiary/aromatic N) is 4. The fourth-order valence-electron chi connectivity index (χ4n) is 4.92. The number of rotatable bonds is 3. The molecular weight excluding hydrogens is 376 g/mol. The zero-order chi connectivity index (χ0) is 21.5. The highest BCUT2D eigenvalue weighted by Crippen LogP contribution is 2.34. The Morgan fingerprint density at radius 2 is 1.60 bits per heavy atom. The molecule has 0 N–H and O–H groups in total. The molecule has 1 aromatic carbocycles. The van der Waals surface area contributed by atoms with Crippen molar-refractivity contribution in [2.24, 2.45) is 7.05 Å². The van der Waals surface area contributed by atoms with E-state index in [1.54, 1.807) is 7.05 Å². The minimum Gasteiger partial charge on any atom is -0.339 e. The Morgan fingerprint density at radius 1 is 1.00 bits per heavy atom. The lowest BCUT2D eigenvalue weighted by Crippen LogP contribution is -2.38. The molecule has 1 aromatic heterocycles. The number of carbonyl (C=O) groups is 1. The molecule has 0 unspecified atom stereocenters. The van der Waals surface area contributed by atoms with Crippen LogP contribution in [-0.4, -0.2) is 38.2 Å². The van der Waals surface area contributed by atoms with Gasteiger partial charge in [0.25, 0.3) is 5.91 Å². The van der Waals surface area contributed by atoms with Crippen LogP contribution in [0.15, 0.2) is 29.1 Å². The van der Waals surface area contributed by atoms with Crippen LogP contribution in [0.3, 0.4) is 0 Å². The molecule has 0 atom stereocenters. The SMILES string of the molecule is Cn1nc(C2CCN(C(=O)c3ccc(C(C)(C)C)cc3)CC2)n(C2CCCC2)c1=O. The van der Waals surface area contributed by atoms with Crippen LogP contribution in [-0.2, 0) is 12.5 Å². The highest BCUT2D eigenvalue weighted by atomic mass is 16.2. The molecule has 1 aliphatic carbocycles. The first-order chi connectivity index (χ1) is 14.3. The van der Waals surface area contributed by atoms with Crippen LogP contribution in [0.1, 0.15) is 93.0 Å². The van der Waals surface area contributed by atoms with Gasteiger partial charge in [0.15, 0.2) is 0 Å². The van der Waals surface area contributed by atoms with Crippen LogP contribution >= 0.6 is 0 Å². The van der Waals surface area contributed by atoms with Crippen molar-refractivity contribution in [3.8, 4) is 0 Å². The Balaban J connectivity index is 1.45. The van der Waals surface area contributed by atoms with Crippen LogP contribution in [0.2, 0.25) is 0 Å². The van der Waals surface area contributed by atoms with E-state index in [0.717, 1.165) is 37.1 Å². The molecule has 6 nitrogen and oxygen atoms in total. The van der Waals surface area contributed by atoms with E-state index in [4.69, 9.17) is 0 Å². The lowest BCUT2D eigenvalue weighted by Gasteiger charge is -2.32. The zero-order valence-electron chi connectivity index (χ0n) is 18.7. The number of aromatic nitrogens is 3. The summed E-state index contributed by atoms with van der Waals surface area (Å²) in [6.45, 7) is 7.95. The highest BCUT2D eigenvalue weighted by Gasteiger charge is 2.31. The molecule has 1 saturated carbocycles. The Hall–Kier alpha value is -2.37. The van der Waals surface area contributed by atoms with Gasteiger partial charge in [-0.1, -0.05) is 45.7 Å². The van der Waals surface area contributed by atoms with Crippen molar-refractivity contribution in [3.05, 3.63) is 51.7 Å². The molecule has 2 heterocycles. The van der Waals surface area contributed by atoms with Crippen LogP contribution < -0.4 is 5.69 Å². The van der Waals surface area contributed by atoms with E-state index in [1.807, 2.05) is 21.6 Å². The largest absolute Gasteiger partial charge is 0.345 e. The zero-order valence-corrected chi connectivity index (χ0v) is 18.7. The van der Waals surface area contributed by atoms with E-state index in [9.17, 15) is 9.59 Å². The predicted octanol–water partition coefficient (Wildman–Crippen LogP) is 4.01. The minimum atomic E-state index is 0.00865. The van der Waals surface area contributed by atoms with Gasteiger partial charge in [-0.05, 0) is 48.8 Å². The number of carbonyl (C=O) groups excluding carboxylic acids is 1. The van der Waals surface area contributed by atoms with Crippen molar-refractivity contribution in [2.45, 2.75) is 76.7 Å². The van der Waals surface area contributed by atoms with Gasteiger partial charge in [0.05, 0.1) is 0 Å². The summed E-state index contributed by atoms with van der Waals surface area (Å²) in [6, 6.07) is 8.32. The molecule has 2 aliphatic rings. The van der Waals surface area contributed by atoms with E-state index >= 15 is 0 Å². The second-order valence-electron chi connectivity index (χ2n) is 9.97. The smallest absolute Gasteiger partial charge is 0.339 e. The fraction of sp³-hybridized carbons (Fsp3) is 0.625. The Bertz CT molecular complexity index is 951. The molecule has 1 saturated heterocycles. The highest BCUT2D eigenvalue weighted by molar-refractivity contribution is 5.94. The third-order valence-corrected chi connectivity index (χ3v) is 6.82. The molecule has 1 amide bonds. The average Bonchev–Trinajstić information content (AvgIpc) is 3.35. The Kier molecular flexibility index (Phi) is 5.60. The van der Waals surface area contributed by atoms with Gasteiger partial charge < -0.3 is 4.90 Å². The molecule has 1 aliphatic heterocycles. The lowest BCUT2D eigenvalue weighted by molar-refractivity contribution is 0.0709. The molecular formula is C24H34N4O2. The van der Waals surface area contributed by atoms with Gasteiger partial charge in [-0.15, -0.1) is 0 Å². The Labute approximate surface area is 178 Å². The van der Waals surface area contributed by atoms with Gasteiger partial charge in [-0.3, -0.25) is 9.36 Å². The fourth-order valence-corrected chi connectivity index (χ4v) is 4.92. The first-order valence-corrected chi connectivity index (χ1v) is 11.3. The third kappa shape index (κ3) is 3.96. The first-order valence-electron chi connectivity index (χ1n) is 11.3. The van der Waals surface area contributed by atoms with Crippen LogP contribution in [0.25, 0.3) is 0 Å². The van der Waals surface area contributed by atoms with Crippen molar-refractivity contribution < 1.29 is 4.79 Å². The average molecular weight is 411 g/mol. The summed E-state index contributed by atoms with van der Waals surface area (Å²) in [5.41, 5.74) is 2.08. The Morgan fingerprint density at radius 3 is 2.17 bits per heavy atom. The van der Waals surface area contributed by atoms with Gasteiger partial charge in [0.2, 0.25) is 0 Å². The van der Waals surface area contributed by atoms with Crippen molar-refractivity contribution >= 4 is 5.91 Å². The number of aryl methyl sites for hydroxylation is 1. The second kappa shape index (κ2) is 8.05. The molecule has 0 spiro atoms. The number of benzene rings is 1. The minimum absolute atomic E-state index is 0.00865. The summed E-state index contributed by atoms with van der Waals surface area (Å²) < 4.78 is 3.45. The van der Waals surface area contributed by atoms with Gasteiger partial charge in [0, 0.05) is 37.7 Å². The molecule has 30 heavy (non-hydrogen) atoms. The lowest BCUT2D eigenvalue weighted by atomic mass is 9.86. The van der Waals surface area contributed by atoms with E-state index in [1.165, 1.54) is 23.1 Å². The monoisotopic (exact) mass is 410 g/mol. The maximum absolute atomic E-state index is 13.0. The van der Waals surface area contributed by atoms with Crippen molar-refractivity contribution in [1.29, 1.82) is 0 Å². The summed E-state index contributed by atoms with van der Waals surface area (Å²) in [5.74, 6) is 1.27. The van der Waals surface area contributed by atoms with Crippen LogP contribution in [0.4, 0.5) is 0 Å². The number of amides is 1. The summed E-state index contributed by atoms with van der Waals surface area (Å²) in [7, 11) is 1.75. The maximum Gasteiger partial charge on any atom is 0.345 e. The number of hydrogen-bond donors (Lipinski definition) is 0. The quantitative estimate of drug-likeness (QED) is 0.768. The molecule has 6 heteroatoms. The van der Waals surface area contributed by atoms with E-state index in [-0.39, 0.29) is 22.9 Å². The normalized spacial score (nSPS) is 18.9. The van der Waals surface area contributed by atoms with Crippen molar-refractivity contribution in [1.82, 2.24) is 19.2 Å². The van der Waals surface area contributed by atoms with Crippen LogP contribution in [0.5, 0.6) is 0 Å². The topological polar surface area (TPSA) is 60.1 Å². The third-order valence-electron chi connectivity index (χ3n) is 6.82. The summed E-state index contributed by atoms with van der Waals surface area (Å²) >= 11 is 0. The van der Waals surface area contributed by atoms with Crippen molar-refractivity contribution in [3.63, 3.8) is 0 Å². The molecule has 162 valence electrons. The standard InChI is InChI=1S/C24H34N4O2/c1-24(2,3)19-11-9-18(10-12-19)22(29)27-15-13-17(14-16-27)21-25-26(4)23(30)28(21)20-7-5-6-8-20/h9-12,17,20H,5-8,13-16H2,1-4H3. The molecule has 0 bridgehead atoms. The maximum atomic E-state index is 13.0. The van der Waals surface area contributed by atoms with E-state index < -0.39 is 0 Å². The van der Waals surface area contributed by atoms with Crippen molar-refractivity contribution in [2.75, 3.05) is 13.1 Å². The molecule has 4 rings (SSSR count). The second-order valence-corrected chi connectivity index (χ2v) is 9.97. The van der Waals surface area contributed by atoms with E-state index in [0.29, 0.717) is 19.1 Å². The molecule has 2 aromatic rings. The summed E-state index contributed by atoms with van der Waals surface area (Å²) in [6.07, 6.45) is 6.23. The van der Waals surface area contributed by atoms with E-state index in [2.05, 4.69) is 38.0 Å².